The zero-order chi connectivity index (χ0) is 23.6. The molecular weight excluding hydrogens is 439 g/mol. The summed E-state index contributed by atoms with van der Waals surface area (Å²) in [7, 11) is 0. The number of aromatic nitrogens is 3. The molecule has 1 aliphatic heterocycles. The lowest BCUT2D eigenvalue weighted by atomic mass is 9.97. The largest absolute Gasteiger partial charge is 0.450 e. The van der Waals surface area contributed by atoms with Crippen molar-refractivity contribution in [3.8, 4) is 5.69 Å². The van der Waals surface area contributed by atoms with Crippen LogP contribution in [0.1, 0.15) is 30.1 Å². The van der Waals surface area contributed by atoms with Gasteiger partial charge in [0.15, 0.2) is 0 Å². The highest BCUT2D eigenvalue weighted by molar-refractivity contribution is 5.97. The number of anilines is 1. The van der Waals surface area contributed by atoms with E-state index >= 15 is 0 Å². The van der Waals surface area contributed by atoms with E-state index in [1.807, 2.05) is 0 Å². The molecule has 174 valence electrons. The summed E-state index contributed by atoms with van der Waals surface area (Å²) in [5.74, 6) is -1.97. The van der Waals surface area contributed by atoms with E-state index in [2.05, 4.69) is 15.3 Å². The maximum absolute atomic E-state index is 13.1. The van der Waals surface area contributed by atoms with E-state index in [4.69, 9.17) is 4.74 Å². The Morgan fingerprint density at radius 1 is 1.24 bits per heavy atom. The number of carbonyl (C=O) groups excluding carboxylic acids is 2. The van der Waals surface area contributed by atoms with E-state index in [-0.39, 0.29) is 31.7 Å². The van der Waals surface area contributed by atoms with Crippen molar-refractivity contribution in [2.75, 3.05) is 25.0 Å². The summed E-state index contributed by atoms with van der Waals surface area (Å²) < 4.78 is 45.9. The number of alkyl halides is 3. The SMILES string of the molecule is CCOC(=O)Nc1cncc(-n2ccc3cc(C(=O)N4CCCC(C(F)(F)F)C4)cnc32)c1. The summed E-state index contributed by atoms with van der Waals surface area (Å²) in [5.41, 5.74) is 1.83. The van der Waals surface area contributed by atoms with Crippen molar-refractivity contribution in [2.24, 2.45) is 5.92 Å². The van der Waals surface area contributed by atoms with Crippen LogP contribution in [0, 0.1) is 5.92 Å². The fourth-order valence-corrected chi connectivity index (χ4v) is 3.87. The number of likely N-dealkylation sites (tertiary alicyclic amines) is 1. The number of pyridine rings is 2. The molecule has 8 nitrogen and oxygen atoms in total. The van der Waals surface area contributed by atoms with Crippen LogP contribution in [0.15, 0.2) is 43.0 Å². The van der Waals surface area contributed by atoms with Gasteiger partial charge in [0.1, 0.15) is 5.65 Å². The number of nitrogens with one attached hydrogen (secondary N) is 1. The molecule has 1 unspecified atom stereocenters. The Labute approximate surface area is 187 Å². The zero-order valence-electron chi connectivity index (χ0n) is 17.8. The van der Waals surface area contributed by atoms with Gasteiger partial charge in [0.2, 0.25) is 0 Å². The monoisotopic (exact) mass is 461 g/mol. The Hall–Kier alpha value is -3.63. The van der Waals surface area contributed by atoms with Crippen molar-refractivity contribution in [3.63, 3.8) is 0 Å². The lowest BCUT2D eigenvalue weighted by Gasteiger charge is -2.33. The van der Waals surface area contributed by atoms with Crippen molar-refractivity contribution in [2.45, 2.75) is 25.9 Å². The fraction of sp³-hybridized carbons (Fsp3) is 0.364. The molecule has 1 saturated heterocycles. The van der Waals surface area contributed by atoms with Gasteiger partial charge in [0.25, 0.3) is 5.91 Å². The molecule has 0 saturated carbocycles. The molecule has 0 bridgehead atoms. The van der Waals surface area contributed by atoms with Crippen LogP contribution in [-0.2, 0) is 4.74 Å². The molecule has 4 rings (SSSR count). The summed E-state index contributed by atoms with van der Waals surface area (Å²) in [6.45, 7) is 1.88. The molecule has 4 heterocycles. The topological polar surface area (TPSA) is 89.3 Å². The van der Waals surface area contributed by atoms with Crippen LogP contribution in [0.5, 0.6) is 0 Å². The van der Waals surface area contributed by atoms with Gasteiger partial charge < -0.3 is 9.64 Å². The fourth-order valence-electron chi connectivity index (χ4n) is 3.87. The van der Waals surface area contributed by atoms with Gasteiger partial charge >= 0.3 is 12.3 Å². The maximum atomic E-state index is 13.1. The molecule has 1 atom stereocenters. The first-order chi connectivity index (χ1) is 15.8. The van der Waals surface area contributed by atoms with Crippen LogP contribution in [-0.4, -0.2) is 57.3 Å². The molecule has 1 N–H and O–H groups in total. The van der Waals surface area contributed by atoms with Gasteiger partial charge in [0.05, 0.1) is 41.9 Å². The zero-order valence-corrected chi connectivity index (χ0v) is 17.8. The third kappa shape index (κ3) is 4.91. The van der Waals surface area contributed by atoms with Crippen molar-refractivity contribution >= 4 is 28.7 Å². The van der Waals surface area contributed by atoms with Crippen molar-refractivity contribution < 1.29 is 27.5 Å². The summed E-state index contributed by atoms with van der Waals surface area (Å²) in [6, 6.07) is 5.06. The predicted octanol–water partition coefficient (Wildman–Crippen LogP) is 4.40. The second kappa shape index (κ2) is 9.08. The minimum Gasteiger partial charge on any atom is -0.450 e. The van der Waals surface area contributed by atoms with E-state index in [1.165, 1.54) is 17.3 Å². The summed E-state index contributed by atoms with van der Waals surface area (Å²) >= 11 is 0. The summed E-state index contributed by atoms with van der Waals surface area (Å²) in [5, 5.41) is 3.23. The minimum atomic E-state index is -4.32. The van der Waals surface area contributed by atoms with Gasteiger partial charge in [-0.15, -0.1) is 0 Å². The average Bonchev–Trinajstić information content (AvgIpc) is 3.22. The van der Waals surface area contributed by atoms with Gasteiger partial charge in [-0.3, -0.25) is 19.7 Å². The molecule has 0 spiro atoms. The number of amides is 2. The van der Waals surface area contributed by atoms with Gasteiger partial charge in [-0.1, -0.05) is 0 Å². The lowest BCUT2D eigenvalue weighted by molar-refractivity contribution is -0.184. The van der Waals surface area contributed by atoms with E-state index in [1.54, 1.807) is 42.1 Å². The highest BCUT2D eigenvalue weighted by atomic mass is 19.4. The minimum absolute atomic E-state index is 0.0333. The van der Waals surface area contributed by atoms with E-state index in [9.17, 15) is 22.8 Å². The standard InChI is InChI=1S/C22H22F3N5O3/c1-2-33-21(32)28-17-9-18(12-26-11-17)30-7-5-14-8-15(10-27-19(14)30)20(31)29-6-3-4-16(13-29)22(23,24)25/h5,7-12,16H,2-4,6,13H2,1H3,(H,28,32). The highest BCUT2D eigenvalue weighted by Gasteiger charge is 2.42. The molecule has 0 aliphatic carbocycles. The second-order valence-electron chi connectivity index (χ2n) is 7.73. The van der Waals surface area contributed by atoms with Crippen LogP contribution in [0.3, 0.4) is 0 Å². The molecule has 11 heteroatoms. The third-order valence-corrected chi connectivity index (χ3v) is 5.47. The van der Waals surface area contributed by atoms with Crippen molar-refractivity contribution in [1.29, 1.82) is 0 Å². The quantitative estimate of drug-likeness (QED) is 0.622. The number of piperidine rings is 1. The number of hydrogen-bond acceptors (Lipinski definition) is 5. The molecule has 1 fully saturated rings. The molecule has 0 aromatic carbocycles. The Morgan fingerprint density at radius 2 is 2.06 bits per heavy atom. The van der Waals surface area contributed by atoms with Gasteiger partial charge in [-0.05, 0) is 38.0 Å². The third-order valence-electron chi connectivity index (χ3n) is 5.47. The average molecular weight is 461 g/mol. The molecule has 1 aliphatic rings. The molecule has 33 heavy (non-hydrogen) atoms. The second-order valence-corrected chi connectivity index (χ2v) is 7.73. The Kier molecular flexibility index (Phi) is 6.21. The predicted molar refractivity (Wildman–Crippen MR) is 114 cm³/mol. The molecular formula is C22H22F3N5O3. The first-order valence-electron chi connectivity index (χ1n) is 10.5. The number of hydrogen-bond donors (Lipinski definition) is 1. The molecule has 2 amide bonds. The molecule has 0 radical (unpaired) electrons. The van der Waals surface area contributed by atoms with Gasteiger partial charge in [0, 0.05) is 30.9 Å². The number of rotatable bonds is 4. The Bertz CT molecular complexity index is 1180. The summed E-state index contributed by atoms with van der Waals surface area (Å²) in [4.78, 5) is 34.2. The highest BCUT2D eigenvalue weighted by Crippen LogP contribution is 2.33. The van der Waals surface area contributed by atoms with Crippen LogP contribution in [0.2, 0.25) is 0 Å². The first kappa shape index (κ1) is 22.6. The van der Waals surface area contributed by atoms with Crippen molar-refractivity contribution in [3.05, 3.63) is 48.5 Å². The maximum Gasteiger partial charge on any atom is 0.411 e. The van der Waals surface area contributed by atoms with Crippen LogP contribution in [0.25, 0.3) is 16.7 Å². The summed E-state index contributed by atoms with van der Waals surface area (Å²) in [6.07, 6.45) is 1.59. The van der Waals surface area contributed by atoms with Crippen LogP contribution in [0.4, 0.5) is 23.7 Å². The normalized spacial score (nSPS) is 16.6. The molecule has 3 aromatic heterocycles. The number of ether oxygens (including phenoxy) is 1. The van der Waals surface area contributed by atoms with Crippen LogP contribution >= 0.6 is 0 Å². The van der Waals surface area contributed by atoms with Gasteiger partial charge in [-0.2, -0.15) is 13.2 Å². The lowest BCUT2D eigenvalue weighted by Crippen LogP contribution is -2.44. The number of carbonyl (C=O) groups is 2. The van der Waals surface area contributed by atoms with E-state index < -0.39 is 24.1 Å². The van der Waals surface area contributed by atoms with E-state index in [0.717, 1.165) is 0 Å². The Balaban J connectivity index is 1.56. The molecule has 3 aromatic rings. The number of fused-ring (bicyclic) bond motifs is 1. The Morgan fingerprint density at radius 3 is 2.82 bits per heavy atom. The van der Waals surface area contributed by atoms with E-state index in [0.29, 0.717) is 28.8 Å². The first-order valence-corrected chi connectivity index (χ1v) is 10.5. The number of nitrogens with zero attached hydrogens (tertiary/aromatic N) is 4. The smallest absolute Gasteiger partial charge is 0.411 e. The number of halogens is 3. The van der Waals surface area contributed by atoms with Gasteiger partial charge in [-0.25, -0.2) is 9.78 Å². The van der Waals surface area contributed by atoms with Crippen LogP contribution < -0.4 is 5.32 Å². The van der Waals surface area contributed by atoms with Crippen molar-refractivity contribution in [1.82, 2.24) is 19.4 Å².